The van der Waals surface area contributed by atoms with Crippen molar-refractivity contribution in [1.29, 1.82) is 0 Å². The van der Waals surface area contributed by atoms with Crippen LogP contribution < -0.4 is 10.1 Å². The van der Waals surface area contributed by atoms with Crippen LogP contribution in [-0.4, -0.2) is 13.7 Å². The van der Waals surface area contributed by atoms with Gasteiger partial charge in [-0.15, -0.1) is 6.58 Å². The molecule has 1 aromatic rings. The monoisotopic (exact) mass is 233 g/mol. The van der Waals surface area contributed by atoms with Crippen LogP contribution in [0.5, 0.6) is 5.75 Å². The number of nitrogens with one attached hydrogen (secondary N) is 1. The van der Waals surface area contributed by atoms with E-state index in [0.717, 1.165) is 31.6 Å². The standard InChI is InChI=1S/C15H23NO/c1-4-6-10-15(16-3)13-8-7-9-14(12-13)17-11-5-2/h4,7-9,12,15-16H,1,5-6,10-11H2,2-3H3. The fourth-order valence-corrected chi connectivity index (χ4v) is 1.80. The molecule has 0 aliphatic carbocycles. The normalized spacial score (nSPS) is 12.1. The van der Waals surface area contributed by atoms with Gasteiger partial charge in [0.15, 0.2) is 0 Å². The van der Waals surface area contributed by atoms with E-state index >= 15 is 0 Å². The van der Waals surface area contributed by atoms with Crippen molar-refractivity contribution in [3.63, 3.8) is 0 Å². The second kappa shape index (κ2) is 7.91. The van der Waals surface area contributed by atoms with Crippen molar-refractivity contribution in [2.24, 2.45) is 0 Å². The van der Waals surface area contributed by atoms with E-state index in [4.69, 9.17) is 4.74 Å². The molecule has 0 saturated heterocycles. The van der Waals surface area contributed by atoms with Gasteiger partial charge < -0.3 is 10.1 Å². The molecule has 1 N–H and O–H groups in total. The Labute approximate surface area is 105 Å². The predicted molar refractivity (Wildman–Crippen MR) is 73.5 cm³/mol. The molecule has 0 aliphatic heterocycles. The first-order valence-corrected chi connectivity index (χ1v) is 6.32. The zero-order chi connectivity index (χ0) is 12.5. The van der Waals surface area contributed by atoms with Crippen molar-refractivity contribution in [3.8, 4) is 5.75 Å². The average molecular weight is 233 g/mol. The molecule has 0 saturated carbocycles. The van der Waals surface area contributed by atoms with Gasteiger partial charge in [0.05, 0.1) is 6.61 Å². The quantitative estimate of drug-likeness (QED) is 0.691. The first-order chi connectivity index (χ1) is 8.31. The number of ether oxygens (including phenoxy) is 1. The second-order valence-electron chi connectivity index (χ2n) is 4.13. The summed E-state index contributed by atoms with van der Waals surface area (Å²) in [5.74, 6) is 0.961. The first-order valence-electron chi connectivity index (χ1n) is 6.32. The maximum atomic E-state index is 5.65. The molecule has 1 rings (SSSR count). The summed E-state index contributed by atoms with van der Waals surface area (Å²) in [5.41, 5.74) is 1.28. The highest BCUT2D eigenvalue weighted by Gasteiger charge is 2.08. The highest BCUT2D eigenvalue weighted by Crippen LogP contribution is 2.22. The summed E-state index contributed by atoms with van der Waals surface area (Å²) < 4.78 is 5.65. The fourth-order valence-electron chi connectivity index (χ4n) is 1.80. The van der Waals surface area contributed by atoms with Gasteiger partial charge in [0, 0.05) is 6.04 Å². The minimum Gasteiger partial charge on any atom is -0.494 e. The second-order valence-corrected chi connectivity index (χ2v) is 4.13. The Balaban J connectivity index is 2.69. The van der Waals surface area contributed by atoms with Crippen LogP contribution in [0.25, 0.3) is 0 Å². The lowest BCUT2D eigenvalue weighted by molar-refractivity contribution is 0.316. The molecule has 0 bridgehead atoms. The molecule has 0 radical (unpaired) electrons. The Hall–Kier alpha value is -1.28. The molecule has 17 heavy (non-hydrogen) atoms. The van der Waals surface area contributed by atoms with Crippen LogP contribution in [0.4, 0.5) is 0 Å². The van der Waals surface area contributed by atoms with E-state index in [1.165, 1.54) is 5.56 Å². The highest BCUT2D eigenvalue weighted by molar-refractivity contribution is 5.30. The van der Waals surface area contributed by atoms with Gasteiger partial charge in [0.2, 0.25) is 0 Å². The zero-order valence-electron chi connectivity index (χ0n) is 10.9. The van der Waals surface area contributed by atoms with Crippen LogP contribution in [0.1, 0.15) is 37.8 Å². The van der Waals surface area contributed by atoms with Crippen molar-refractivity contribution in [1.82, 2.24) is 5.32 Å². The van der Waals surface area contributed by atoms with Gasteiger partial charge in [0.25, 0.3) is 0 Å². The summed E-state index contributed by atoms with van der Waals surface area (Å²) in [7, 11) is 1.99. The number of rotatable bonds is 8. The van der Waals surface area contributed by atoms with Crippen molar-refractivity contribution < 1.29 is 4.74 Å². The number of allylic oxidation sites excluding steroid dienone is 1. The van der Waals surface area contributed by atoms with Gasteiger partial charge in [-0.05, 0) is 44.0 Å². The summed E-state index contributed by atoms with van der Waals surface area (Å²) in [6, 6.07) is 8.71. The fraction of sp³-hybridized carbons (Fsp3) is 0.467. The van der Waals surface area contributed by atoms with Crippen molar-refractivity contribution >= 4 is 0 Å². The number of hydrogen-bond acceptors (Lipinski definition) is 2. The molecule has 0 fully saturated rings. The lowest BCUT2D eigenvalue weighted by Crippen LogP contribution is -2.16. The molecule has 1 atom stereocenters. The zero-order valence-corrected chi connectivity index (χ0v) is 10.9. The van der Waals surface area contributed by atoms with Crippen LogP contribution in [0, 0.1) is 0 Å². The summed E-state index contributed by atoms with van der Waals surface area (Å²) in [6.07, 6.45) is 5.08. The Morgan fingerprint density at radius 3 is 2.94 bits per heavy atom. The molecule has 2 heteroatoms. The van der Waals surface area contributed by atoms with Gasteiger partial charge in [-0.2, -0.15) is 0 Å². The third kappa shape index (κ3) is 4.61. The van der Waals surface area contributed by atoms with Crippen molar-refractivity contribution in [2.75, 3.05) is 13.7 Å². The van der Waals surface area contributed by atoms with E-state index in [1.54, 1.807) is 0 Å². The van der Waals surface area contributed by atoms with E-state index in [-0.39, 0.29) is 0 Å². The largest absolute Gasteiger partial charge is 0.494 e. The summed E-state index contributed by atoms with van der Waals surface area (Å²) >= 11 is 0. The number of hydrogen-bond donors (Lipinski definition) is 1. The van der Waals surface area contributed by atoms with Gasteiger partial charge in [-0.1, -0.05) is 25.1 Å². The molecular formula is C15H23NO. The molecule has 0 aliphatic rings. The maximum absolute atomic E-state index is 5.65. The average Bonchev–Trinajstić information content (AvgIpc) is 2.38. The minimum absolute atomic E-state index is 0.373. The molecule has 0 aromatic heterocycles. The minimum atomic E-state index is 0.373. The summed E-state index contributed by atoms with van der Waals surface area (Å²) in [6.45, 7) is 6.66. The van der Waals surface area contributed by atoms with Crippen molar-refractivity contribution in [3.05, 3.63) is 42.5 Å². The first kappa shape index (κ1) is 13.8. The maximum Gasteiger partial charge on any atom is 0.119 e. The predicted octanol–water partition coefficient (Wildman–Crippen LogP) is 3.70. The third-order valence-corrected chi connectivity index (χ3v) is 2.74. The topological polar surface area (TPSA) is 21.3 Å². The third-order valence-electron chi connectivity index (χ3n) is 2.74. The van der Waals surface area contributed by atoms with Gasteiger partial charge >= 0.3 is 0 Å². The van der Waals surface area contributed by atoms with E-state index < -0.39 is 0 Å². The van der Waals surface area contributed by atoms with E-state index in [9.17, 15) is 0 Å². The van der Waals surface area contributed by atoms with Crippen LogP contribution >= 0.6 is 0 Å². The lowest BCUT2D eigenvalue weighted by atomic mass is 10.0. The Morgan fingerprint density at radius 2 is 2.29 bits per heavy atom. The van der Waals surface area contributed by atoms with Crippen LogP contribution in [0.2, 0.25) is 0 Å². The molecule has 0 heterocycles. The van der Waals surface area contributed by atoms with Crippen LogP contribution in [-0.2, 0) is 0 Å². The van der Waals surface area contributed by atoms with E-state index in [2.05, 4.69) is 37.0 Å². The van der Waals surface area contributed by atoms with Crippen LogP contribution in [0.3, 0.4) is 0 Å². The highest BCUT2D eigenvalue weighted by atomic mass is 16.5. The molecule has 2 nitrogen and oxygen atoms in total. The molecule has 94 valence electrons. The molecular weight excluding hydrogens is 210 g/mol. The van der Waals surface area contributed by atoms with E-state index in [1.807, 2.05) is 19.2 Å². The SMILES string of the molecule is C=CCCC(NC)c1cccc(OCCC)c1. The molecule has 1 unspecified atom stereocenters. The number of benzene rings is 1. The van der Waals surface area contributed by atoms with Gasteiger partial charge in [0.1, 0.15) is 5.75 Å². The van der Waals surface area contributed by atoms with Gasteiger partial charge in [-0.3, -0.25) is 0 Å². The van der Waals surface area contributed by atoms with Crippen LogP contribution in [0.15, 0.2) is 36.9 Å². The smallest absolute Gasteiger partial charge is 0.119 e. The van der Waals surface area contributed by atoms with Gasteiger partial charge in [-0.25, -0.2) is 0 Å². The Bertz CT molecular complexity index is 335. The molecule has 0 spiro atoms. The lowest BCUT2D eigenvalue weighted by Gasteiger charge is -2.16. The van der Waals surface area contributed by atoms with Crippen molar-refractivity contribution in [2.45, 2.75) is 32.2 Å². The Kier molecular flexibility index (Phi) is 6.41. The molecule has 0 amide bonds. The summed E-state index contributed by atoms with van der Waals surface area (Å²) in [4.78, 5) is 0. The Morgan fingerprint density at radius 1 is 1.47 bits per heavy atom. The molecule has 1 aromatic carbocycles. The summed E-state index contributed by atoms with van der Waals surface area (Å²) in [5, 5.41) is 3.33. The van der Waals surface area contributed by atoms with E-state index in [0.29, 0.717) is 6.04 Å².